The predicted octanol–water partition coefficient (Wildman–Crippen LogP) is 4.95. The summed E-state index contributed by atoms with van der Waals surface area (Å²) in [6.07, 6.45) is 11.3. The Balaban J connectivity index is 1.65. The molecule has 2 fully saturated rings. The topological polar surface area (TPSA) is 32.3 Å². The number of nitrogens with zero attached hydrogens (tertiary/aromatic N) is 1. The van der Waals surface area contributed by atoms with Crippen LogP contribution in [0, 0.1) is 5.92 Å². The van der Waals surface area contributed by atoms with Gasteiger partial charge in [-0.05, 0) is 43.0 Å². The molecule has 1 N–H and O–H groups in total. The van der Waals surface area contributed by atoms with Gasteiger partial charge in [0.05, 0.1) is 6.04 Å². The molecule has 0 aliphatic heterocycles. The predicted molar refractivity (Wildman–Crippen MR) is 92.2 cm³/mol. The summed E-state index contributed by atoms with van der Waals surface area (Å²) >= 11 is 1.77. The van der Waals surface area contributed by atoms with Gasteiger partial charge in [0.25, 0.3) is 0 Å². The first-order valence-corrected chi connectivity index (χ1v) is 9.70. The van der Waals surface area contributed by atoms with Crippen molar-refractivity contribution in [1.29, 1.82) is 0 Å². The summed E-state index contributed by atoms with van der Waals surface area (Å²) in [5.41, 5.74) is 0. The lowest BCUT2D eigenvalue weighted by Gasteiger charge is -2.33. The van der Waals surface area contributed by atoms with Crippen molar-refractivity contribution < 1.29 is 4.79 Å². The molecule has 22 heavy (non-hydrogen) atoms. The van der Waals surface area contributed by atoms with Crippen LogP contribution in [0.4, 0.5) is 4.79 Å². The maximum absolute atomic E-state index is 12.7. The van der Waals surface area contributed by atoms with Crippen LogP contribution in [-0.2, 0) is 0 Å². The summed E-state index contributed by atoms with van der Waals surface area (Å²) in [4.78, 5) is 16.0. The number of thiophene rings is 1. The number of rotatable bonds is 4. The molecular weight excluding hydrogens is 292 g/mol. The van der Waals surface area contributed by atoms with Crippen LogP contribution in [0.15, 0.2) is 17.5 Å². The van der Waals surface area contributed by atoms with Gasteiger partial charge < -0.3 is 10.2 Å². The average molecular weight is 321 g/mol. The highest BCUT2D eigenvalue weighted by molar-refractivity contribution is 7.10. The Hall–Kier alpha value is -1.03. The highest BCUT2D eigenvalue weighted by Gasteiger charge is 2.30. The van der Waals surface area contributed by atoms with Gasteiger partial charge in [-0.15, -0.1) is 11.3 Å². The second-order valence-electron chi connectivity index (χ2n) is 6.89. The van der Waals surface area contributed by atoms with Crippen molar-refractivity contribution in [3.05, 3.63) is 22.4 Å². The first-order valence-electron chi connectivity index (χ1n) is 8.82. The SMILES string of the molecule is CN(C(=O)NC(c1cccs1)C1CCCC1)C1CCCCC1. The van der Waals surface area contributed by atoms with Gasteiger partial charge in [-0.25, -0.2) is 4.79 Å². The zero-order chi connectivity index (χ0) is 15.4. The van der Waals surface area contributed by atoms with Crippen molar-refractivity contribution in [2.75, 3.05) is 7.05 Å². The molecule has 1 aromatic heterocycles. The van der Waals surface area contributed by atoms with Gasteiger partial charge in [0.1, 0.15) is 0 Å². The minimum Gasteiger partial charge on any atom is -0.330 e. The van der Waals surface area contributed by atoms with Gasteiger partial charge in [0, 0.05) is 18.0 Å². The molecular formula is C18H28N2OS. The van der Waals surface area contributed by atoms with E-state index < -0.39 is 0 Å². The van der Waals surface area contributed by atoms with Gasteiger partial charge in [-0.3, -0.25) is 0 Å². The molecule has 1 heterocycles. The highest BCUT2D eigenvalue weighted by Crippen LogP contribution is 2.37. The molecule has 0 aromatic carbocycles. The van der Waals surface area contributed by atoms with Crippen LogP contribution in [0.1, 0.15) is 68.7 Å². The smallest absolute Gasteiger partial charge is 0.317 e. The van der Waals surface area contributed by atoms with E-state index in [1.807, 2.05) is 11.9 Å². The van der Waals surface area contributed by atoms with Gasteiger partial charge >= 0.3 is 6.03 Å². The Morgan fingerprint density at radius 3 is 2.50 bits per heavy atom. The van der Waals surface area contributed by atoms with E-state index in [0.717, 1.165) is 12.8 Å². The molecule has 0 saturated heterocycles. The van der Waals surface area contributed by atoms with Crippen molar-refractivity contribution in [2.45, 2.75) is 69.9 Å². The summed E-state index contributed by atoms with van der Waals surface area (Å²) < 4.78 is 0. The molecule has 2 saturated carbocycles. The Morgan fingerprint density at radius 2 is 1.86 bits per heavy atom. The molecule has 4 heteroatoms. The summed E-state index contributed by atoms with van der Waals surface area (Å²) in [6, 6.07) is 5.03. The fourth-order valence-corrected chi connectivity index (χ4v) is 4.92. The van der Waals surface area contributed by atoms with Crippen LogP contribution in [-0.4, -0.2) is 24.0 Å². The van der Waals surface area contributed by atoms with Crippen LogP contribution in [0.5, 0.6) is 0 Å². The zero-order valence-corrected chi connectivity index (χ0v) is 14.4. The first kappa shape index (κ1) is 15.9. The van der Waals surface area contributed by atoms with Gasteiger partial charge in [-0.2, -0.15) is 0 Å². The zero-order valence-electron chi connectivity index (χ0n) is 13.6. The average Bonchev–Trinajstić information content (AvgIpc) is 3.26. The van der Waals surface area contributed by atoms with Crippen LogP contribution in [0.2, 0.25) is 0 Å². The number of hydrogen-bond acceptors (Lipinski definition) is 2. The van der Waals surface area contributed by atoms with Crippen molar-refractivity contribution >= 4 is 17.4 Å². The Morgan fingerprint density at radius 1 is 1.18 bits per heavy atom. The minimum atomic E-state index is 0.122. The third-order valence-electron chi connectivity index (χ3n) is 5.44. The molecule has 0 radical (unpaired) electrons. The molecule has 2 aliphatic rings. The Kier molecular flexibility index (Phi) is 5.40. The van der Waals surface area contributed by atoms with Gasteiger partial charge in [0.15, 0.2) is 0 Å². The number of nitrogens with one attached hydrogen (secondary N) is 1. The largest absolute Gasteiger partial charge is 0.330 e. The van der Waals surface area contributed by atoms with Gasteiger partial charge in [-0.1, -0.05) is 38.2 Å². The standard InChI is InChI=1S/C18H28N2OS/c1-20(15-10-3-2-4-11-15)18(21)19-17(14-8-5-6-9-14)16-12-7-13-22-16/h7,12-15,17H,2-6,8-11H2,1H3,(H,19,21). The van der Waals surface area contributed by atoms with E-state index in [4.69, 9.17) is 0 Å². The lowest BCUT2D eigenvalue weighted by molar-refractivity contribution is 0.166. The van der Waals surface area contributed by atoms with E-state index in [0.29, 0.717) is 12.0 Å². The third-order valence-corrected chi connectivity index (χ3v) is 6.40. The summed E-state index contributed by atoms with van der Waals surface area (Å²) in [6.45, 7) is 0. The molecule has 1 atom stereocenters. The highest BCUT2D eigenvalue weighted by atomic mass is 32.1. The molecule has 122 valence electrons. The molecule has 1 unspecified atom stereocenters. The molecule has 2 aliphatic carbocycles. The summed E-state index contributed by atoms with van der Waals surface area (Å²) in [5, 5.41) is 5.48. The summed E-state index contributed by atoms with van der Waals surface area (Å²) in [7, 11) is 1.98. The lowest BCUT2D eigenvalue weighted by atomic mass is 9.94. The van der Waals surface area contributed by atoms with E-state index in [1.165, 1.54) is 49.8 Å². The normalized spacial score (nSPS) is 21.7. The molecule has 2 amide bonds. The number of urea groups is 1. The maximum atomic E-state index is 12.7. The Bertz CT molecular complexity index is 461. The molecule has 3 nitrogen and oxygen atoms in total. The Labute approximate surface area is 138 Å². The van der Waals surface area contributed by atoms with Crippen LogP contribution in [0.3, 0.4) is 0 Å². The molecule has 0 spiro atoms. The monoisotopic (exact) mass is 320 g/mol. The van der Waals surface area contributed by atoms with Crippen LogP contribution >= 0.6 is 11.3 Å². The number of amides is 2. The molecule has 1 aromatic rings. The second-order valence-corrected chi connectivity index (χ2v) is 7.87. The lowest BCUT2D eigenvalue weighted by Crippen LogP contribution is -2.46. The van der Waals surface area contributed by atoms with E-state index in [1.54, 1.807) is 11.3 Å². The minimum absolute atomic E-state index is 0.122. The van der Waals surface area contributed by atoms with E-state index in [-0.39, 0.29) is 12.1 Å². The van der Waals surface area contributed by atoms with E-state index >= 15 is 0 Å². The van der Waals surface area contributed by atoms with E-state index in [2.05, 4.69) is 22.8 Å². The number of carbonyl (C=O) groups is 1. The fourth-order valence-electron chi connectivity index (χ4n) is 4.05. The molecule has 3 rings (SSSR count). The maximum Gasteiger partial charge on any atom is 0.317 e. The number of carbonyl (C=O) groups excluding carboxylic acids is 1. The van der Waals surface area contributed by atoms with Crippen LogP contribution in [0.25, 0.3) is 0 Å². The fraction of sp³-hybridized carbons (Fsp3) is 0.722. The van der Waals surface area contributed by atoms with E-state index in [9.17, 15) is 4.79 Å². The molecule has 0 bridgehead atoms. The second kappa shape index (κ2) is 7.49. The van der Waals surface area contributed by atoms with Gasteiger partial charge in [0.2, 0.25) is 0 Å². The van der Waals surface area contributed by atoms with Crippen molar-refractivity contribution in [2.24, 2.45) is 5.92 Å². The van der Waals surface area contributed by atoms with Crippen LogP contribution < -0.4 is 5.32 Å². The third kappa shape index (κ3) is 3.65. The van der Waals surface area contributed by atoms with Crippen molar-refractivity contribution in [3.8, 4) is 0 Å². The summed E-state index contributed by atoms with van der Waals surface area (Å²) in [5.74, 6) is 0.613. The van der Waals surface area contributed by atoms with Crippen molar-refractivity contribution in [3.63, 3.8) is 0 Å². The first-order chi connectivity index (χ1) is 10.8. The van der Waals surface area contributed by atoms with Crippen molar-refractivity contribution in [1.82, 2.24) is 10.2 Å². The quantitative estimate of drug-likeness (QED) is 0.836. The number of hydrogen-bond donors (Lipinski definition) is 1.